The predicted molar refractivity (Wildman–Crippen MR) is 70.7 cm³/mol. The van der Waals surface area contributed by atoms with Crippen LogP contribution in [0.25, 0.3) is 0 Å². The molecule has 0 spiro atoms. The Balaban J connectivity index is 2.40. The average Bonchev–Trinajstić information content (AvgIpc) is 2.21. The van der Waals surface area contributed by atoms with E-state index in [1.165, 1.54) is 11.8 Å². The number of alkyl halides is 3. The van der Waals surface area contributed by atoms with E-state index in [9.17, 15) is 13.2 Å². The lowest BCUT2D eigenvalue weighted by atomic mass is 10.4. The third kappa shape index (κ3) is 6.18. The van der Waals surface area contributed by atoms with Gasteiger partial charge in [-0.1, -0.05) is 30.1 Å². The molecular formula is C11H12Cl2F3NS. The van der Waals surface area contributed by atoms with Crippen LogP contribution in [0.4, 0.5) is 13.2 Å². The topological polar surface area (TPSA) is 12.0 Å². The van der Waals surface area contributed by atoms with E-state index in [-0.39, 0.29) is 11.8 Å². The maximum absolute atomic E-state index is 11.9. The Kier molecular flexibility index (Phi) is 6.11. The van der Waals surface area contributed by atoms with Gasteiger partial charge >= 0.3 is 6.18 Å². The summed E-state index contributed by atoms with van der Waals surface area (Å²) in [6.07, 6.45) is -4.17. The van der Waals surface area contributed by atoms with Crippen molar-refractivity contribution >= 4 is 35.0 Å². The maximum atomic E-state index is 11.9. The second kappa shape index (κ2) is 6.89. The molecule has 1 nitrogen and oxygen atoms in total. The molecule has 0 aliphatic heterocycles. The highest BCUT2D eigenvalue weighted by atomic mass is 35.5. The van der Waals surface area contributed by atoms with Gasteiger partial charge in [-0.3, -0.25) is 0 Å². The van der Waals surface area contributed by atoms with Gasteiger partial charge in [-0.15, -0.1) is 11.8 Å². The van der Waals surface area contributed by atoms with E-state index in [0.717, 1.165) is 4.90 Å². The van der Waals surface area contributed by atoms with Crippen molar-refractivity contribution in [1.29, 1.82) is 0 Å². The Morgan fingerprint density at radius 3 is 2.50 bits per heavy atom. The molecule has 7 heteroatoms. The van der Waals surface area contributed by atoms with Gasteiger partial charge in [0.1, 0.15) is 0 Å². The van der Waals surface area contributed by atoms with Crippen molar-refractivity contribution in [2.45, 2.75) is 23.2 Å². The van der Waals surface area contributed by atoms with Crippen LogP contribution < -0.4 is 5.32 Å². The third-order valence-corrected chi connectivity index (χ3v) is 3.82. The van der Waals surface area contributed by atoms with Gasteiger partial charge in [0, 0.05) is 16.7 Å². The highest BCUT2D eigenvalue weighted by molar-refractivity contribution is 8.00. The summed E-state index contributed by atoms with van der Waals surface area (Å²) < 4.78 is 35.8. The average molecular weight is 318 g/mol. The first-order chi connectivity index (χ1) is 8.28. The van der Waals surface area contributed by atoms with E-state index in [1.54, 1.807) is 18.2 Å². The van der Waals surface area contributed by atoms with Gasteiger partial charge in [-0.25, -0.2) is 0 Å². The minimum atomic E-state index is -4.17. The Hall–Kier alpha value is -0.100. The Labute approximate surface area is 118 Å². The number of thioether (sulfide) groups is 1. The molecule has 1 rings (SSSR count). The van der Waals surface area contributed by atoms with Crippen molar-refractivity contribution in [3.63, 3.8) is 0 Å². The van der Waals surface area contributed by atoms with Crippen molar-refractivity contribution in [3.05, 3.63) is 28.2 Å². The molecule has 0 heterocycles. The highest BCUT2D eigenvalue weighted by Gasteiger charge is 2.26. The fraction of sp³-hybridized carbons (Fsp3) is 0.455. The minimum Gasteiger partial charge on any atom is -0.308 e. The molecule has 0 aromatic heterocycles. The molecule has 0 radical (unpaired) electrons. The first-order valence-electron chi connectivity index (χ1n) is 5.17. The summed E-state index contributed by atoms with van der Waals surface area (Å²) >= 11 is 13.1. The number of nitrogens with one attached hydrogen (secondary N) is 1. The van der Waals surface area contributed by atoms with Crippen LogP contribution in [-0.4, -0.2) is 24.5 Å². The Bertz CT molecular complexity index is 398. The molecule has 1 aromatic rings. The minimum absolute atomic E-state index is 0.00425. The lowest BCUT2D eigenvalue weighted by molar-refractivity contribution is -0.124. The van der Waals surface area contributed by atoms with Crippen molar-refractivity contribution in [1.82, 2.24) is 5.32 Å². The summed E-state index contributed by atoms with van der Waals surface area (Å²) in [5.74, 6) is 0. The number of hydrogen-bond acceptors (Lipinski definition) is 2. The molecule has 0 saturated carbocycles. The zero-order valence-electron chi connectivity index (χ0n) is 9.52. The zero-order chi connectivity index (χ0) is 13.8. The quantitative estimate of drug-likeness (QED) is 0.795. The molecule has 102 valence electrons. The van der Waals surface area contributed by atoms with Gasteiger partial charge < -0.3 is 5.32 Å². The van der Waals surface area contributed by atoms with Crippen LogP contribution in [0.3, 0.4) is 0 Å². The van der Waals surface area contributed by atoms with E-state index in [1.807, 2.05) is 6.92 Å². The lowest BCUT2D eigenvalue weighted by Crippen LogP contribution is -2.32. The monoisotopic (exact) mass is 317 g/mol. The number of benzene rings is 1. The first kappa shape index (κ1) is 16.0. The van der Waals surface area contributed by atoms with Crippen molar-refractivity contribution in [2.24, 2.45) is 0 Å². The van der Waals surface area contributed by atoms with E-state index >= 15 is 0 Å². The second-order valence-electron chi connectivity index (χ2n) is 3.75. The van der Waals surface area contributed by atoms with Gasteiger partial charge in [-0.05, 0) is 18.2 Å². The van der Waals surface area contributed by atoms with Gasteiger partial charge in [0.05, 0.1) is 16.6 Å². The summed E-state index contributed by atoms with van der Waals surface area (Å²) in [4.78, 5) is 0.880. The normalized spacial score (nSPS) is 13.7. The highest BCUT2D eigenvalue weighted by Crippen LogP contribution is 2.30. The molecule has 0 fully saturated rings. The molecule has 18 heavy (non-hydrogen) atoms. The number of hydrogen-bond donors (Lipinski definition) is 1. The molecule has 0 saturated heterocycles. The SMILES string of the molecule is CC(CNCC(F)(F)F)Sc1ccc(Cl)c(Cl)c1. The molecule has 1 aromatic carbocycles. The fourth-order valence-corrected chi connectivity index (χ4v) is 2.60. The smallest absolute Gasteiger partial charge is 0.308 e. The van der Waals surface area contributed by atoms with Crippen LogP contribution in [0.5, 0.6) is 0 Å². The van der Waals surface area contributed by atoms with Crippen LogP contribution in [0.2, 0.25) is 10.0 Å². The molecular weight excluding hydrogens is 306 g/mol. The lowest BCUT2D eigenvalue weighted by Gasteiger charge is -2.14. The van der Waals surface area contributed by atoms with Crippen molar-refractivity contribution in [3.8, 4) is 0 Å². The number of rotatable bonds is 5. The van der Waals surface area contributed by atoms with Crippen LogP contribution in [0.15, 0.2) is 23.1 Å². The van der Waals surface area contributed by atoms with E-state index < -0.39 is 12.7 Å². The first-order valence-corrected chi connectivity index (χ1v) is 6.80. The van der Waals surface area contributed by atoms with Crippen LogP contribution in [0, 0.1) is 0 Å². The van der Waals surface area contributed by atoms with Crippen LogP contribution in [0.1, 0.15) is 6.92 Å². The summed E-state index contributed by atoms with van der Waals surface area (Å²) in [5.41, 5.74) is 0. The largest absolute Gasteiger partial charge is 0.401 e. The van der Waals surface area contributed by atoms with Gasteiger partial charge in [0.25, 0.3) is 0 Å². The molecule has 0 bridgehead atoms. The van der Waals surface area contributed by atoms with Crippen molar-refractivity contribution in [2.75, 3.05) is 13.1 Å². The summed E-state index contributed by atoms with van der Waals surface area (Å²) in [5, 5.41) is 3.27. The van der Waals surface area contributed by atoms with Crippen LogP contribution in [-0.2, 0) is 0 Å². The Morgan fingerprint density at radius 2 is 1.94 bits per heavy atom. The number of halogens is 5. The molecule has 1 unspecified atom stereocenters. The van der Waals surface area contributed by atoms with Gasteiger partial charge in [0.15, 0.2) is 0 Å². The summed E-state index contributed by atoms with van der Waals surface area (Å²) in [6.45, 7) is 1.14. The van der Waals surface area contributed by atoms with E-state index in [0.29, 0.717) is 10.0 Å². The summed E-state index contributed by atoms with van der Waals surface area (Å²) in [7, 11) is 0. The predicted octanol–water partition coefficient (Wildman–Crippen LogP) is 4.63. The van der Waals surface area contributed by atoms with Crippen molar-refractivity contribution < 1.29 is 13.2 Å². The second-order valence-corrected chi connectivity index (χ2v) is 6.08. The maximum Gasteiger partial charge on any atom is 0.401 e. The fourth-order valence-electron chi connectivity index (χ4n) is 1.24. The molecule has 0 aliphatic rings. The van der Waals surface area contributed by atoms with Gasteiger partial charge in [-0.2, -0.15) is 13.2 Å². The molecule has 0 aliphatic carbocycles. The van der Waals surface area contributed by atoms with Crippen LogP contribution >= 0.6 is 35.0 Å². The van der Waals surface area contributed by atoms with Gasteiger partial charge in [0.2, 0.25) is 0 Å². The summed E-state index contributed by atoms with van der Waals surface area (Å²) in [6, 6.07) is 5.16. The Morgan fingerprint density at radius 1 is 1.28 bits per heavy atom. The molecule has 1 N–H and O–H groups in total. The van der Waals surface area contributed by atoms with E-state index in [2.05, 4.69) is 5.32 Å². The zero-order valence-corrected chi connectivity index (χ0v) is 11.9. The third-order valence-electron chi connectivity index (χ3n) is 1.99. The molecule has 1 atom stereocenters. The van der Waals surface area contributed by atoms with E-state index in [4.69, 9.17) is 23.2 Å². The molecule has 0 amide bonds. The standard InChI is InChI=1S/C11H12Cl2F3NS/c1-7(5-17-6-11(14,15)16)18-8-2-3-9(12)10(13)4-8/h2-4,7,17H,5-6H2,1H3.